The molecule has 0 aliphatic carbocycles. The van der Waals surface area contributed by atoms with Crippen molar-refractivity contribution in [2.75, 3.05) is 22.6 Å². The Kier molecular flexibility index (Phi) is 7.53. The van der Waals surface area contributed by atoms with Crippen molar-refractivity contribution in [2.24, 2.45) is 5.92 Å². The second-order valence-corrected chi connectivity index (χ2v) is 8.11. The highest BCUT2D eigenvalue weighted by atomic mass is 35.5. The maximum absolute atomic E-state index is 13.6. The molecule has 1 aromatic heterocycles. The van der Waals surface area contributed by atoms with Gasteiger partial charge in [-0.1, -0.05) is 13.8 Å². The summed E-state index contributed by atoms with van der Waals surface area (Å²) in [7, 11) is 0. The number of carbonyl (C=O) groups excluding carboxylic acids is 2. The van der Waals surface area contributed by atoms with E-state index in [0.29, 0.717) is 23.1 Å². The quantitative estimate of drug-likeness (QED) is 0.454. The Morgan fingerprint density at radius 3 is 2.39 bits per heavy atom. The van der Waals surface area contributed by atoms with E-state index < -0.39 is 29.4 Å². The van der Waals surface area contributed by atoms with Gasteiger partial charge in [-0.25, -0.2) is 0 Å². The van der Waals surface area contributed by atoms with Crippen LogP contribution in [-0.4, -0.2) is 34.2 Å². The van der Waals surface area contributed by atoms with E-state index in [0.717, 1.165) is 12.1 Å². The average molecular weight is 479 g/mol. The minimum atomic E-state index is -4.71. The zero-order valence-electron chi connectivity index (χ0n) is 18.0. The van der Waals surface area contributed by atoms with Gasteiger partial charge in [-0.05, 0) is 48.7 Å². The van der Waals surface area contributed by atoms with Crippen LogP contribution in [0.2, 0.25) is 0 Å². The maximum atomic E-state index is 13.6. The monoisotopic (exact) mass is 478 g/mol. The molecule has 0 saturated heterocycles. The lowest BCUT2D eigenvalue weighted by Gasteiger charge is -2.24. The molecule has 33 heavy (non-hydrogen) atoms. The van der Waals surface area contributed by atoms with Crippen molar-refractivity contribution >= 4 is 45.8 Å². The van der Waals surface area contributed by atoms with Crippen LogP contribution in [-0.2, 0) is 11.0 Å². The van der Waals surface area contributed by atoms with Gasteiger partial charge in [-0.2, -0.15) is 13.2 Å². The molecule has 0 aliphatic rings. The summed E-state index contributed by atoms with van der Waals surface area (Å²) in [4.78, 5) is 34.7. The fourth-order valence-electron chi connectivity index (χ4n) is 3.16. The topological polar surface area (TPSA) is 75.2 Å². The number of halogens is 4. The Morgan fingerprint density at radius 2 is 1.76 bits per heavy atom. The highest BCUT2D eigenvalue weighted by Gasteiger charge is 2.33. The molecule has 0 radical (unpaired) electrons. The SMILES string of the molecule is CC(C)CCN(C(=O)CCl)c1cc(C(=O)Nc2ccc3nccnc3c2)cc(C(F)(F)F)c1. The molecular formula is C23H22ClF3N4O2. The van der Waals surface area contributed by atoms with E-state index >= 15 is 0 Å². The third-order valence-electron chi connectivity index (χ3n) is 4.89. The van der Waals surface area contributed by atoms with Gasteiger partial charge in [0.05, 0.1) is 16.6 Å². The van der Waals surface area contributed by atoms with Gasteiger partial charge in [0.15, 0.2) is 0 Å². The van der Waals surface area contributed by atoms with Crippen molar-refractivity contribution in [3.63, 3.8) is 0 Å². The first kappa shape index (κ1) is 24.4. The molecule has 0 fully saturated rings. The number of amides is 2. The van der Waals surface area contributed by atoms with Crippen molar-refractivity contribution < 1.29 is 22.8 Å². The van der Waals surface area contributed by atoms with E-state index in [1.54, 1.807) is 18.2 Å². The minimum Gasteiger partial charge on any atom is -0.322 e. The predicted molar refractivity (Wildman–Crippen MR) is 121 cm³/mol. The summed E-state index contributed by atoms with van der Waals surface area (Å²) in [6.07, 6.45) is -1.14. The summed E-state index contributed by atoms with van der Waals surface area (Å²) in [6, 6.07) is 7.66. The first-order valence-corrected chi connectivity index (χ1v) is 10.7. The van der Waals surface area contributed by atoms with Crippen LogP contribution in [0.4, 0.5) is 24.5 Å². The van der Waals surface area contributed by atoms with E-state index in [-0.39, 0.29) is 23.7 Å². The zero-order valence-corrected chi connectivity index (χ0v) is 18.7. The number of alkyl halides is 4. The first-order valence-electron chi connectivity index (χ1n) is 10.2. The molecule has 3 rings (SSSR count). The number of benzene rings is 2. The highest BCUT2D eigenvalue weighted by molar-refractivity contribution is 6.29. The van der Waals surface area contributed by atoms with Gasteiger partial charge in [0.1, 0.15) is 5.88 Å². The second-order valence-electron chi connectivity index (χ2n) is 7.84. The molecule has 6 nitrogen and oxygen atoms in total. The molecule has 3 aromatic rings. The van der Waals surface area contributed by atoms with Crippen molar-refractivity contribution in [1.29, 1.82) is 0 Å². The fourth-order valence-corrected chi connectivity index (χ4v) is 3.31. The molecule has 1 heterocycles. The molecule has 2 amide bonds. The van der Waals surface area contributed by atoms with Crippen LogP contribution in [0.1, 0.15) is 36.2 Å². The molecule has 0 bridgehead atoms. The lowest BCUT2D eigenvalue weighted by atomic mass is 10.1. The molecule has 0 saturated carbocycles. The Labute approximate surface area is 193 Å². The molecular weight excluding hydrogens is 457 g/mol. The maximum Gasteiger partial charge on any atom is 0.416 e. The van der Waals surface area contributed by atoms with E-state index in [1.807, 2.05) is 13.8 Å². The van der Waals surface area contributed by atoms with Crippen LogP contribution < -0.4 is 10.2 Å². The van der Waals surface area contributed by atoms with Crippen LogP contribution >= 0.6 is 11.6 Å². The Hall–Kier alpha value is -3.20. The van der Waals surface area contributed by atoms with Crippen LogP contribution in [0.15, 0.2) is 48.8 Å². The van der Waals surface area contributed by atoms with E-state index in [9.17, 15) is 22.8 Å². The van der Waals surface area contributed by atoms with E-state index in [2.05, 4.69) is 15.3 Å². The largest absolute Gasteiger partial charge is 0.416 e. The van der Waals surface area contributed by atoms with Crippen molar-refractivity contribution in [1.82, 2.24) is 9.97 Å². The van der Waals surface area contributed by atoms with Crippen LogP contribution in [0.5, 0.6) is 0 Å². The Morgan fingerprint density at radius 1 is 1.06 bits per heavy atom. The third kappa shape index (κ3) is 6.19. The van der Waals surface area contributed by atoms with E-state index in [4.69, 9.17) is 11.6 Å². The molecule has 0 spiro atoms. The summed E-state index contributed by atoms with van der Waals surface area (Å²) in [5, 5.41) is 2.59. The second kappa shape index (κ2) is 10.2. The summed E-state index contributed by atoms with van der Waals surface area (Å²) in [6.45, 7) is 4.04. The number of fused-ring (bicyclic) bond motifs is 1. The zero-order chi connectivity index (χ0) is 24.2. The lowest BCUT2D eigenvalue weighted by Crippen LogP contribution is -2.34. The number of nitrogens with zero attached hydrogens (tertiary/aromatic N) is 3. The molecule has 0 atom stereocenters. The van der Waals surface area contributed by atoms with Crippen LogP contribution in [0, 0.1) is 5.92 Å². The van der Waals surface area contributed by atoms with Gasteiger partial charge >= 0.3 is 6.18 Å². The number of hydrogen-bond acceptors (Lipinski definition) is 4. The van der Waals surface area contributed by atoms with Gasteiger partial charge < -0.3 is 10.2 Å². The van der Waals surface area contributed by atoms with Gasteiger partial charge in [-0.3, -0.25) is 19.6 Å². The summed E-state index contributed by atoms with van der Waals surface area (Å²) in [5.74, 6) is -1.49. The number of anilines is 2. The summed E-state index contributed by atoms with van der Waals surface area (Å²) >= 11 is 5.70. The molecule has 0 unspecified atom stereocenters. The molecule has 2 aromatic carbocycles. The van der Waals surface area contributed by atoms with Gasteiger partial charge in [0.2, 0.25) is 5.91 Å². The van der Waals surface area contributed by atoms with E-state index in [1.165, 1.54) is 23.4 Å². The van der Waals surface area contributed by atoms with Crippen molar-refractivity contribution in [3.8, 4) is 0 Å². The van der Waals surface area contributed by atoms with Crippen molar-refractivity contribution in [2.45, 2.75) is 26.4 Å². The normalized spacial score (nSPS) is 11.6. The average Bonchev–Trinajstić information content (AvgIpc) is 2.78. The number of rotatable bonds is 7. The summed E-state index contributed by atoms with van der Waals surface area (Å²) in [5.41, 5.74) is 0.165. The highest BCUT2D eigenvalue weighted by Crippen LogP contribution is 2.33. The van der Waals surface area contributed by atoms with Crippen LogP contribution in [0.25, 0.3) is 11.0 Å². The lowest BCUT2D eigenvalue weighted by molar-refractivity contribution is -0.137. The Balaban J connectivity index is 1.98. The standard InChI is InChI=1S/C23H22ClF3N4O2/c1-14(2)5-8-31(21(32)13-24)18-10-15(9-16(11-18)23(25,26)27)22(33)30-17-3-4-19-20(12-17)29-7-6-28-19/h3-4,6-7,9-12,14H,5,8,13H2,1-2H3,(H,30,33). The molecule has 10 heteroatoms. The third-order valence-corrected chi connectivity index (χ3v) is 5.12. The fraction of sp³-hybridized carbons (Fsp3) is 0.304. The summed E-state index contributed by atoms with van der Waals surface area (Å²) < 4.78 is 40.8. The number of aromatic nitrogens is 2. The number of nitrogens with one attached hydrogen (secondary N) is 1. The van der Waals surface area contributed by atoms with Gasteiger partial charge in [-0.15, -0.1) is 11.6 Å². The molecule has 174 valence electrons. The predicted octanol–water partition coefficient (Wildman–Crippen LogP) is 5.52. The number of hydrogen-bond donors (Lipinski definition) is 1. The number of carbonyl (C=O) groups is 2. The first-order chi connectivity index (χ1) is 15.6. The van der Waals surface area contributed by atoms with Gasteiger partial charge in [0.25, 0.3) is 5.91 Å². The minimum absolute atomic E-state index is 0.0364. The van der Waals surface area contributed by atoms with Crippen LogP contribution in [0.3, 0.4) is 0 Å². The van der Waals surface area contributed by atoms with Crippen molar-refractivity contribution in [3.05, 3.63) is 59.9 Å². The smallest absolute Gasteiger partial charge is 0.322 e. The molecule has 1 N–H and O–H groups in total. The Bertz CT molecular complexity index is 1170. The molecule has 0 aliphatic heterocycles. The van der Waals surface area contributed by atoms with Gasteiger partial charge in [0, 0.05) is 35.9 Å².